The molecule has 0 radical (unpaired) electrons. The third-order valence-corrected chi connectivity index (χ3v) is 2.40. The minimum Gasteiger partial charge on any atom is -0.314 e. The van der Waals surface area contributed by atoms with Crippen LogP contribution in [-0.4, -0.2) is 14.8 Å². The Balaban J connectivity index is 2.54. The smallest absolute Gasteiger partial charge is 0.165 e. The second-order valence-electron chi connectivity index (χ2n) is 2.92. The molecule has 2 rings (SSSR count). The number of nitrogens with zero attached hydrogens (tertiary/aromatic N) is 3. The van der Waals surface area contributed by atoms with Crippen LogP contribution in [0.1, 0.15) is 6.92 Å². The molecule has 0 bridgehead atoms. The van der Waals surface area contributed by atoms with Crippen molar-refractivity contribution in [3.05, 3.63) is 35.6 Å². The first kappa shape index (κ1) is 9.21. The van der Waals surface area contributed by atoms with Crippen molar-refractivity contribution in [3.8, 4) is 11.4 Å². The first-order chi connectivity index (χ1) is 6.83. The second-order valence-corrected chi connectivity index (χ2v) is 3.33. The predicted molar refractivity (Wildman–Crippen MR) is 56.1 cm³/mol. The van der Waals surface area contributed by atoms with Gasteiger partial charge in [-0.15, -0.1) is 10.2 Å². The van der Waals surface area contributed by atoms with Crippen molar-refractivity contribution in [2.24, 2.45) is 0 Å². The minimum absolute atomic E-state index is 0.704. The molecule has 3 nitrogen and oxygen atoms in total. The average molecular weight is 208 g/mol. The van der Waals surface area contributed by atoms with Gasteiger partial charge in [0.1, 0.15) is 6.33 Å². The molecule has 0 amide bonds. The maximum atomic E-state index is 6.06. The van der Waals surface area contributed by atoms with Crippen LogP contribution >= 0.6 is 11.6 Å². The van der Waals surface area contributed by atoms with Crippen LogP contribution in [0.2, 0.25) is 5.02 Å². The highest BCUT2D eigenvalue weighted by Crippen LogP contribution is 2.25. The van der Waals surface area contributed by atoms with Gasteiger partial charge in [-0.05, 0) is 19.1 Å². The standard InChI is InChI=1S/C10H10ClN3/c1-2-14-7-12-13-10(14)8-5-3-4-6-9(8)11/h3-7H,2H2,1H3. The molecule has 0 unspecified atom stereocenters. The van der Waals surface area contributed by atoms with Gasteiger partial charge in [0.05, 0.1) is 5.02 Å². The summed E-state index contributed by atoms with van der Waals surface area (Å²) >= 11 is 6.06. The highest BCUT2D eigenvalue weighted by Gasteiger charge is 2.08. The Morgan fingerprint density at radius 3 is 2.86 bits per heavy atom. The number of hydrogen-bond donors (Lipinski definition) is 0. The van der Waals surface area contributed by atoms with Crippen LogP contribution in [0.15, 0.2) is 30.6 Å². The molecule has 0 N–H and O–H groups in total. The SMILES string of the molecule is CCn1cnnc1-c1ccccc1Cl. The van der Waals surface area contributed by atoms with Gasteiger partial charge in [-0.2, -0.15) is 0 Å². The van der Waals surface area contributed by atoms with E-state index in [9.17, 15) is 0 Å². The molecule has 0 aliphatic carbocycles. The van der Waals surface area contributed by atoms with E-state index >= 15 is 0 Å². The van der Waals surface area contributed by atoms with Crippen molar-refractivity contribution in [2.75, 3.05) is 0 Å². The van der Waals surface area contributed by atoms with Crippen LogP contribution in [0.25, 0.3) is 11.4 Å². The summed E-state index contributed by atoms with van der Waals surface area (Å²) in [6, 6.07) is 7.64. The summed E-state index contributed by atoms with van der Waals surface area (Å²) in [5.41, 5.74) is 0.925. The van der Waals surface area contributed by atoms with Gasteiger partial charge in [0.2, 0.25) is 0 Å². The first-order valence-corrected chi connectivity index (χ1v) is 4.83. The zero-order chi connectivity index (χ0) is 9.97. The van der Waals surface area contributed by atoms with E-state index < -0.39 is 0 Å². The van der Waals surface area contributed by atoms with E-state index in [0.717, 1.165) is 17.9 Å². The van der Waals surface area contributed by atoms with E-state index in [1.54, 1.807) is 6.33 Å². The van der Waals surface area contributed by atoms with Crippen LogP contribution in [0.5, 0.6) is 0 Å². The fourth-order valence-electron chi connectivity index (χ4n) is 1.34. The van der Waals surface area contributed by atoms with Gasteiger partial charge in [-0.1, -0.05) is 23.7 Å². The number of aromatic nitrogens is 3. The number of benzene rings is 1. The molecule has 0 aliphatic rings. The molecule has 14 heavy (non-hydrogen) atoms. The van der Waals surface area contributed by atoms with E-state index in [4.69, 9.17) is 11.6 Å². The molecule has 2 aromatic rings. The summed E-state index contributed by atoms with van der Waals surface area (Å²) in [5, 5.41) is 8.62. The summed E-state index contributed by atoms with van der Waals surface area (Å²) in [5.74, 6) is 0.818. The molecule has 0 atom stereocenters. The lowest BCUT2D eigenvalue weighted by atomic mass is 10.2. The van der Waals surface area contributed by atoms with Crippen molar-refractivity contribution < 1.29 is 0 Å². The lowest BCUT2D eigenvalue weighted by Crippen LogP contribution is -1.96. The third-order valence-electron chi connectivity index (χ3n) is 2.07. The van der Waals surface area contributed by atoms with Gasteiger partial charge < -0.3 is 4.57 Å². The Morgan fingerprint density at radius 2 is 2.14 bits per heavy atom. The molecule has 0 saturated carbocycles. The Hall–Kier alpha value is -1.35. The van der Waals surface area contributed by atoms with E-state index in [0.29, 0.717) is 5.02 Å². The van der Waals surface area contributed by atoms with Gasteiger partial charge in [0, 0.05) is 12.1 Å². The lowest BCUT2D eigenvalue weighted by molar-refractivity contribution is 0.767. The fraction of sp³-hybridized carbons (Fsp3) is 0.200. The highest BCUT2D eigenvalue weighted by atomic mass is 35.5. The molecule has 1 heterocycles. The predicted octanol–water partition coefficient (Wildman–Crippen LogP) is 2.62. The van der Waals surface area contributed by atoms with Crippen molar-refractivity contribution in [1.82, 2.24) is 14.8 Å². The highest BCUT2D eigenvalue weighted by molar-refractivity contribution is 6.33. The molecular formula is C10H10ClN3. The second kappa shape index (κ2) is 3.80. The van der Waals surface area contributed by atoms with E-state index in [-0.39, 0.29) is 0 Å². The molecule has 0 spiro atoms. The average Bonchev–Trinajstić information content (AvgIpc) is 2.66. The molecule has 1 aromatic carbocycles. The molecule has 0 saturated heterocycles. The van der Waals surface area contributed by atoms with Gasteiger partial charge in [0.25, 0.3) is 0 Å². The van der Waals surface area contributed by atoms with Gasteiger partial charge in [-0.3, -0.25) is 0 Å². The summed E-state index contributed by atoms with van der Waals surface area (Å²) in [4.78, 5) is 0. The first-order valence-electron chi connectivity index (χ1n) is 4.45. The topological polar surface area (TPSA) is 30.7 Å². The molecule has 1 aromatic heterocycles. The Morgan fingerprint density at radius 1 is 1.36 bits per heavy atom. The van der Waals surface area contributed by atoms with E-state index in [1.807, 2.05) is 35.8 Å². The Labute approximate surface area is 87.3 Å². The van der Waals surface area contributed by atoms with Crippen molar-refractivity contribution >= 4 is 11.6 Å². The van der Waals surface area contributed by atoms with Crippen molar-refractivity contribution in [3.63, 3.8) is 0 Å². The fourth-order valence-corrected chi connectivity index (χ4v) is 1.56. The van der Waals surface area contributed by atoms with E-state index in [2.05, 4.69) is 10.2 Å². The summed E-state index contributed by atoms with van der Waals surface area (Å²) < 4.78 is 1.96. The van der Waals surface area contributed by atoms with Crippen LogP contribution in [0.4, 0.5) is 0 Å². The summed E-state index contributed by atoms with van der Waals surface area (Å²) in [6.07, 6.45) is 1.71. The Kier molecular flexibility index (Phi) is 2.50. The molecule has 4 heteroatoms. The van der Waals surface area contributed by atoms with Gasteiger partial charge in [0.15, 0.2) is 5.82 Å². The van der Waals surface area contributed by atoms with Crippen molar-refractivity contribution in [1.29, 1.82) is 0 Å². The van der Waals surface area contributed by atoms with Crippen LogP contribution in [0, 0.1) is 0 Å². The third kappa shape index (κ3) is 1.51. The van der Waals surface area contributed by atoms with Crippen LogP contribution in [-0.2, 0) is 6.54 Å². The zero-order valence-corrected chi connectivity index (χ0v) is 8.57. The minimum atomic E-state index is 0.704. The molecular weight excluding hydrogens is 198 g/mol. The van der Waals surface area contributed by atoms with Gasteiger partial charge >= 0.3 is 0 Å². The maximum absolute atomic E-state index is 6.06. The van der Waals surface area contributed by atoms with E-state index in [1.165, 1.54) is 0 Å². The van der Waals surface area contributed by atoms with Crippen LogP contribution in [0.3, 0.4) is 0 Å². The summed E-state index contributed by atoms with van der Waals surface area (Å²) in [6.45, 7) is 2.89. The largest absolute Gasteiger partial charge is 0.314 e. The monoisotopic (exact) mass is 207 g/mol. The number of aryl methyl sites for hydroxylation is 1. The molecule has 0 fully saturated rings. The molecule has 72 valence electrons. The normalized spacial score (nSPS) is 10.4. The number of halogens is 1. The summed E-state index contributed by atoms with van der Waals surface area (Å²) in [7, 11) is 0. The quantitative estimate of drug-likeness (QED) is 0.758. The van der Waals surface area contributed by atoms with Crippen molar-refractivity contribution in [2.45, 2.75) is 13.5 Å². The number of rotatable bonds is 2. The number of hydrogen-bond acceptors (Lipinski definition) is 2. The lowest BCUT2D eigenvalue weighted by Gasteiger charge is -2.04. The zero-order valence-electron chi connectivity index (χ0n) is 7.81. The van der Waals surface area contributed by atoms with Crippen LogP contribution < -0.4 is 0 Å². The molecule has 0 aliphatic heterocycles. The maximum Gasteiger partial charge on any atom is 0.165 e. The Bertz CT molecular complexity index is 436. The van der Waals surface area contributed by atoms with Gasteiger partial charge in [-0.25, -0.2) is 0 Å².